The van der Waals surface area contributed by atoms with E-state index in [2.05, 4.69) is 27.7 Å². The lowest BCUT2D eigenvalue weighted by atomic mass is 9.78. The van der Waals surface area contributed by atoms with Gasteiger partial charge in [0.05, 0.1) is 6.04 Å². The van der Waals surface area contributed by atoms with E-state index in [9.17, 15) is 4.79 Å². The van der Waals surface area contributed by atoms with Crippen LogP contribution >= 0.6 is 0 Å². The van der Waals surface area contributed by atoms with Gasteiger partial charge in [0.15, 0.2) is 0 Å². The fourth-order valence-electron chi connectivity index (χ4n) is 2.46. The number of rotatable bonds is 4. The van der Waals surface area contributed by atoms with Crippen molar-refractivity contribution in [3.05, 3.63) is 0 Å². The molecule has 0 unspecified atom stereocenters. The molecular formula is C14H28N2O. The molecule has 17 heavy (non-hydrogen) atoms. The van der Waals surface area contributed by atoms with Gasteiger partial charge in [0.25, 0.3) is 0 Å². The molecule has 3 heteroatoms. The van der Waals surface area contributed by atoms with E-state index in [-0.39, 0.29) is 11.9 Å². The van der Waals surface area contributed by atoms with E-state index in [1.165, 1.54) is 6.42 Å². The van der Waals surface area contributed by atoms with Crippen LogP contribution in [-0.2, 0) is 4.79 Å². The van der Waals surface area contributed by atoms with Crippen LogP contribution < -0.4 is 5.73 Å². The first-order valence-electron chi connectivity index (χ1n) is 6.92. The van der Waals surface area contributed by atoms with Gasteiger partial charge < -0.3 is 10.6 Å². The Labute approximate surface area is 106 Å². The van der Waals surface area contributed by atoms with E-state index in [0.717, 1.165) is 32.4 Å². The van der Waals surface area contributed by atoms with Gasteiger partial charge in [0.1, 0.15) is 0 Å². The molecule has 0 saturated carbocycles. The van der Waals surface area contributed by atoms with E-state index in [0.29, 0.717) is 11.3 Å². The van der Waals surface area contributed by atoms with Crippen molar-refractivity contribution in [3.8, 4) is 0 Å². The molecule has 0 radical (unpaired) electrons. The zero-order valence-corrected chi connectivity index (χ0v) is 11.8. The lowest BCUT2D eigenvalue weighted by Crippen LogP contribution is -2.49. The van der Waals surface area contributed by atoms with Crippen LogP contribution in [-0.4, -0.2) is 29.9 Å². The van der Waals surface area contributed by atoms with Gasteiger partial charge in [-0.15, -0.1) is 0 Å². The van der Waals surface area contributed by atoms with Crippen LogP contribution in [0.15, 0.2) is 0 Å². The van der Waals surface area contributed by atoms with E-state index >= 15 is 0 Å². The number of carbonyl (C=O) groups is 1. The lowest BCUT2D eigenvalue weighted by Gasteiger charge is -2.39. The van der Waals surface area contributed by atoms with Crippen molar-refractivity contribution in [2.24, 2.45) is 17.1 Å². The predicted octanol–water partition coefficient (Wildman–Crippen LogP) is 2.40. The summed E-state index contributed by atoms with van der Waals surface area (Å²) in [6, 6.07) is -0.305. The van der Waals surface area contributed by atoms with Gasteiger partial charge in [-0.05, 0) is 30.6 Å². The molecule has 0 aromatic heterocycles. The third kappa shape index (κ3) is 3.98. The molecule has 1 fully saturated rings. The number of carbonyl (C=O) groups excluding carboxylic acids is 1. The second kappa shape index (κ2) is 5.85. The molecule has 0 aromatic carbocycles. The van der Waals surface area contributed by atoms with Crippen LogP contribution in [0.1, 0.15) is 53.4 Å². The summed E-state index contributed by atoms with van der Waals surface area (Å²) in [6.07, 6.45) is 4.22. The van der Waals surface area contributed by atoms with Gasteiger partial charge in [-0.3, -0.25) is 4.79 Å². The van der Waals surface area contributed by atoms with Crippen LogP contribution in [0.2, 0.25) is 0 Å². The van der Waals surface area contributed by atoms with Crippen LogP contribution in [0.5, 0.6) is 0 Å². The SMILES string of the molecule is CCC1(C)CCN(C(=O)[C@H](N)CC(C)C)CC1. The summed E-state index contributed by atoms with van der Waals surface area (Å²) >= 11 is 0. The molecule has 0 bridgehead atoms. The average Bonchev–Trinajstić information content (AvgIpc) is 2.28. The Morgan fingerprint density at radius 3 is 2.29 bits per heavy atom. The molecule has 1 aliphatic heterocycles. The third-order valence-electron chi connectivity index (χ3n) is 4.18. The zero-order valence-electron chi connectivity index (χ0n) is 11.8. The number of nitrogens with two attached hydrogens (primary N) is 1. The molecule has 0 spiro atoms. The van der Waals surface area contributed by atoms with Crippen molar-refractivity contribution in [2.75, 3.05) is 13.1 Å². The zero-order chi connectivity index (χ0) is 13.1. The minimum Gasteiger partial charge on any atom is -0.341 e. The molecule has 1 saturated heterocycles. The van der Waals surface area contributed by atoms with Crippen LogP contribution in [0.25, 0.3) is 0 Å². The second-order valence-corrected chi connectivity index (χ2v) is 6.23. The predicted molar refractivity (Wildman–Crippen MR) is 71.6 cm³/mol. The van der Waals surface area contributed by atoms with Crippen LogP contribution in [0.4, 0.5) is 0 Å². The number of likely N-dealkylation sites (tertiary alicyclic amines) is 1. The van der Waals surface area contributed by atoms with Gasteiger partial charge in [0.2, 0.25) is 5.91 Å². The van der Waals surface area contributed by atoms with E-state index in [1.807, 2.05) is 4.90 Å². The van der Waals surface area contributed by atoms with Crippen molar-refractivity contribution in [2.45, 2.75) is 59.4 Å². The first-order chi connectivity index (χ1) is 7.88. The van der Waals surface area contributed by atoms with Crippen molar-refractivity contribution < 1.29 is 4.79 Å². The molecule has 1 atom stereocenters. The van der Waals surface area contributed by atoms with Crippen molar-refractivity contribution in [1.82, 2.24) is 4.90 Å². The average molecular weight is 240 g/mol. The highest BCUT2D eigenvalue weighted by molar-refractivity contribution is 5.81. The fourth-order valence-corrected chi connectivity index (χ4v) is 2.46. The number of hydrogen-bond acceptors (Lipinski definition) is 2. The Morgan fingerprint density at radius 1 is 1.35 bits per heavy atom. The maximum absolute atomic E-state index is 12.1. The Morgan fingerprint density at radius 2 is 1.88 bits per heavy atom. The fraction of sp³-hybridized carbons (Fsp3) is 0.929. The summed E-state index contributed by atoms with van der Waals surface area (Å²) in [6.45, 7) is 10.5. The van der Waals surface area contributed by atoms with E-state index in [1.54, 1.807) is 0 Å². The third-order valence-corrected chi connectivity index (χ3v) is 4.18. The number of amides is 1. The molecule has 1 aliphatic rings. The largest absolute Gasteiger partial charge is 0.341 e. The van der Waals surface area contributed by atoms with Gasteiger partial charge in [-0.25, -0.2) is 0 Å². The van der Waals surface area contributed by atoms with Crippen molar-refractivity contribution >= 4 is 5.91 Å². The number of hydrogen-bond donors (Lipinski definition) is 1. The maximum Gasteiger partial charge on any atom is 0.239 e. The highest BCUT2D eigenvalue weighted by atomic mass is 16.2. The first kappa shape index (κ1) is 14.5. The minimum atomic E-state index is -0.305. The molecule has 0 aromatic rings. The normalized spacial score (nSPS) is 21.6. The molecule has 100 valence electrons. The maximum atomic E-state index is 12.1. The molecule has 1 amide bonds. The highest BCUT2D eigenvalue weighted by Gasteiger charge is 2.31. The second-order valence-electron chi connectivity index (χ2n) is 6.23. The van der Waals surface area contributed by atoms with E-state index < -0.39 is 0 Å². The Balaban J connectivity index is 2.46. The van der Waals surface area contributed by atoms with Gasteiger partial charge in [-0.1, -0.05) is 34.1 Å². The lowest BCUT2D eigenvalue weighted by molar-refractivity contribution is -0.135. The smallest absolute Gasteiger partial charge is 0.239 e. The number of piperidine rings is 1. The molecule has 2 N–H and O–H groups in total. The van der Waals surface area contributed by atoms with E-state index in [4.69, 9.17) is 5.73 Å². The summed E-state index contributed by atoms with van der Waals surface area (Å²) in [5.74, 6) is 0.636. The topological polar surface area (TPSA) is 46.3 Å². The molecular weight excluding hydrogens is 212 g/mol. The summed E-state index contributed by atoms with van der Waals surface area (Å²) in [5, 5.41) is 0. The molecule has 0 aliphatic carbocycles. The first-order valence-corrected chi connectivity index (χ1v) is 6.92. The monoisotopic (exact) mass is 240 g/mol. The van der Waals surface area contributed by atoms with Crippen LogP contribution in [0.3, 0.4) is 0 Å². The Hall–Kier alpha value is -0.570. The summed E-state index contributed by atoms with van der Waals surface area (Å²) in [5.41, 5.74) is 6.39. The minimum absolute atomic E-state index is 0.150. The van der Waals surface area contributed by atoms with Gasteiger partial charge >= 0.3 is 0 Å². The Bertz CT molecular complexity index is 255. The van der Waals surface area contributed by atoms with Gasteiger partial charge in [0, 0.05) is 13.1 Å². The highest BCUT2D eigenvalue weighted by Crippen LogP contribution is 2.34. The quantitative estimate of drug-likeness (QED) is 0.820. The Kier molecular flexibility index (Phi) is 4.99. The summed E-state index contributed by atoms with van der Waals surface area (Å²) in [7, 11) is 0. The molecule has 1 rings (SSSR count). The van der Waals surface area contributed by atoms with Crippen LogP contribution in [0, 0.1) is 11.3 Å². The summed E-state index contributed by atoms with van der Waals surface area (Å²) in [4.78, 5) is 14.1. The van der Waals surface area contributed by atoms with Crippen molar-refractivity contribution in [1.29, 1.82) is 0 Å². The molecule has 3 nitrogen and oxygen atoms in total. The molecule has 1 heterocycles. The summed E-state index contributed by atoms with van der Waals surface area (Å²) < 4.78 is 0. The van der Waals surface area contributed by atoms with Gasteiger partial charge in [-0.2, -0.15) is 0 Å². The number of nitrogens with zero attached hydrogens (tertiary/aromatic N) is 1. The van der Waals surface area contributed by atoms with Crippen molar-refractivity contribution in [3.63, 3.8) is 0 Å². The standard InChI is InChI=1S/C14H28N2O/c1-5-14(4)6-8-16(9-7-14)13(17)12(15)10-11(2)3/h11-12H,5-10,15H2,1-4H3/t12-/m1/s1.